The van der Waals surface area contributed by atoms with E-state index in [4.69, 9.17) is 0 Å². The standard InChI is InChI=1S/C10H8INO/c1-6-2-3-8-9(12-6)4-7(11)5-10(8)13/h2-5,13H,1H3. The fourth-order valence-electron chi connectivity index (χ4n) is 1.28. The van der Waals surface area contributed by atoms with Crippen LogP contribution in [0.4, 0.5) is 0 Å². The van der Waals surface area contributed by atoms with Crippen LogP contribution in [0.5, 0.6) is 5.75 Å². The summed E-state index contributed by atoms with van der Waals surface area (Å²) >= 11 is 2.17. The minimum Gasteiger partial charge on any atom is -0.507 e. The molecule has 0 radical (unpaired) electrons. The third kappa shape index (κ3) is 1.60. The maximum atomic E-state index is 9.60. The molecule has 1 aromatic heterocycles. The molecule has 0 aliphatic heterocycles. The average molecular weight is 285 g/mol. The molecule has 0 aliphatic carbocycles. The maximum absolute atomic E-state index is 9.60. The van der Waals surface area contributed by atoms with Gasteiger partial charge >= 0.3 is 0 Å². The number of phenols is 1. The molecule has 66 valence electrons. The highest BCUT2D eigenvalue weighted by atomic mass is 127. The molecule has 2 nitrogen and oxygen atoms in total. The summed E-state index contributed by atoms with van der Waals surface area (Å²) in [4.78, 5) is 4.33. The SMILES string of the molecule is Cc1ccc2c(O)cc(I)cc2n1. The predicted molar refractivity (Wildman–Crippen MR) is 60.9 cm³/mol. The summed E-state index contributed by atoms with van der Waals surface area (Å²) in [6.07, 6.45) is 0. The number of hydrogen-bond donors (Lipinski definition) is 1. The Balaban J connectivity index is 2.86. The van der Waals surface area contributed by atoms with Crippen LogP contribution in [0.1, 0.15) is 5.69 Å². The van der Waals surface area contributed by atoms with Gasteiger partial charge in [-0.3, -0.25) is 4.98 Å². The van der Waals surface area contributed by atoms with Crippen LogP contribution in [-0.4, -0.2) is 10.1 Å². The highest BCUT2D eigenvalue weighted by Gasteiger charge is 2.02. The van der Waals surface area contributed by atoms with Crippen molar-refractivity contribution >= 4 is 33.5 Å². The largest absolute Gasteiger partial charge is 0.507 e. The molecule has 0 unspecified atom stereocenters. The molecule has 0 aliphatic rings. The van der Waals surface area contributed by atoms with Crippen molar-refractivity contribution in [3.8, 4) is 5.75 Å². The monoisotopic (exact) mass is 285 g/mol. The van der Waals surface area contributed by atoms with Gasteiger partial charge in [-0.2, -0.15) is 0 Å². The zero-order chi connectivity index (χ0) is 9.42. The van der Waals surface area contributed by atoms with Crippen molar-refractivity contribution in [1.29, 1.82) is 0 Å². The molecule has 0 spiro atoms. The van der Waals surface area contributed by atoms with Crippen molar-refractivity contribution in [2.45, 2.75) is 6.92 Å². The van der Waals surface area contributed by atoms with Gasteiger partial charge in [-0.25, -0.2) is 0 Å². The molecule has 2 rings (SSSR count). The molecule has 1 aromatic carbocycles. The first-order valence-electron chi connectivity index (χ1n) is 3.93. The van der Waals surface area contributed by atoms with E-state index in [9.17, 15) is 5.11 Å². The van der Waals surface area contributed by atoms with Crippen LogP contribution in [0.15, 0.2) is 24.3 Å². The molecule has 0 fully saturated rings. The van der Waals surface area contributed by atoms with Crippen molar-refractivity contribution < 1.29 is 5.11 Å². The van der Waals surface area contributed by atoms with Crippen LogP contribution in [0.25, 0.3) is 10.9 Å². The molecular formula is C10H8INO. The molecule has 0 saturated heterocycles. The van der Waals surface area contributed by atoms with Gasteiger partial charge in [0.25, 0.3) is 0 Å². The first kappa shape index (κ1) is 8.74. The van der Waals surface area contributed by atoms with Gasteiger partial charge in [0.05, 0.1) is 5.52 Å². The summed E-state index contributed by atoms with van der Waals surface area (Å²) < 4.78 is 1.00. The lowest BCUT2D eigenvalue weighted by atomic mass is 10.2. The second-order valence-corrected chi connectivity index (χ2v) is 4.19. The summed E-state index contributed by atoms with van der Waals surface area (Å²) in [5.74, 6) is 0.300. The minimum absolute atomic E-state index is 0.300. The van der Waals surface area contributed by atoms with Crippen LogP contribution in [0.3, 0.4) is 0 Å². The molecule has 1 N–H and O–H groups in total. The number of fused-ring (bicyclic) bond motifs is 1. The number of benzene rings is 1. The fraction of sp³-hybridized carbons (Fsp3) is 0.100. The molecule has 0 saturated carbocycles. The Kier molecular flexibility index (Phi) is 2.11. The zero-order valence-electron chi connectivity index (χ0n) is 7.08. The van der Waals surface area contributed by atoms with Gasteiger partial charge in [-0.1, -0.05) is 0 Å². The van der Waals surface area contributed by atoms with Crippen LogP contribution in [0.2, 0.25) is 0 Å². The first-order chi connectivity index (χ1) is 6.16. The second-order valence-electron chi connectivity index (χ2n) is 2.94. The van der Waals surface area contributed by atoms with Gasteiger partial charge in [0.15, 0.2) is 0 Å². The normalized spacial score (nSPS) is 10.6. The number of aromatic nitrogens is 1. The Morgan fingerprint density at radius 3 is 2.85 bits per heavy atom. The number of aryl methyl sites for hydroxylation is 1. The third-order valence-corrected chi connectivity index (χ3v) is 2.51. The van der Waals surface area contributed by atoms with Gasteiger partial charge in [0.1, 0.15) is 5.75 Å². The lowest BCUT2D eigenvalue weighted by Crippen LogP contribution is -1.84. The quantitative estimate of drug-likeness (QED) is 0.755. The molecule has 1 heterocycles. The number of aromatic hydroxyl groups is 1. The number of halogens is 1. The van der Waals surface area contributed by atoms with Gasteiger partial charge in [0.2, 0.25) is 0 Å². The number of nitrogens with zero attached hydrogens (tertiary/aromatic N) is 1. The Morgan fingerprint density at radius 1 is 1.31 bits per heavy atom. The predicted octanol–water partition coefficient (Wildman–Crippen LogP) is 2.85. The molecule has 0 atom stereocenters. The topological polar surface area (TPSA) is 33.1 Å². The third-order valence-electron chi connectivity index (χ3n) is 1.89. The van der Waals surface area contributed by atoms with Crippen molar-refractivity contribution in [3.05, 3.63) is 33.5 Å². The van der Waals surface area contributed by atoms with E-state index in [2.05, 4.69) is 27.6 Å². The van der Waals surface area contributed by atoms with Gasteiger partial charge < -0.3 is 5.11 Å². The summed E-state index contributed by atoms with van der Waals surface area (Å²) in [5.41, 5.74) is 1.82. The van der Waals surface area contributed by atoms with E-state index in [1.54, 1.807) is 6.07 Å². The van der Waals surface area contributed by atoms with Crippen LogP contribution < -0.4 is 0 Å². The number of hydrogen-bond acceptors (Lipinski definition) is 2. The highest BCUT2D eigenvalue weighted by Crippen LogP contribution is 2.25. The molecule has 0 amide bonds. The Labute approximate surface area is 89.8 Å². The van der Waals surface area contributed by atoms with Crippen molar-refractivity contribution in [2.75, 3.05) is 0 Å². The van der Waals surface area contributed by atoms with E-state index in [0.29, 0.717) is 5.75 Å². The fourth-order valence-corrected chi connectivity index (χ4v) is 1.87. The molecule has 3 heteroatoms. The average Bonchev–Trinajstić information content (AvgIpc) is 2.02. The molecule has 13 heavy (non-hydrogen) atoms. The number of pyridine rings is 1. The van der Waals surface area contributed by atoms with Crippen molar-refractivity contribution in [1.82, 2.24) is 4.98 Å². The summed E-state index contributed by atoms with van der Waals surface area (Å²) in [5, 5.41) is 10.4. The van der Waals surface area contributed by atoms with Gasteiger partial charge in [0, 0.05) is 14.7 Å². The Hall–Kier alpha value is -0.840. The number of phenolic OH excluding ortho intramolecular Hbond substituents is 1. The minimum atomic E-state index is 0.300. The van der Waals surface area contributed by atoms with E-state index >= 15 is 0 Å². The van der Waals surface area contributed by atoms with Gasteiger partial charge in [-0.05, 0) is 53.8 Å². The smallest absolute Gasteiger partial charge is 0.126 e. The van der Waals surface area contributed by atoms with E-state index in [1.807, 2.05) is 25.1 Å². The van der Waals surface area contributed by atoms with Crippen molar-refractivity contribution in [2.24, 2.45) is 0 Å². The highest BCUT2D eigenvalue weighted by molar-refractivity contribution is 14.1. The second kappa shape index (κ2) is 3.14. The first-order valence-corrected chi connectivity index (χ1v) is 5.00. The van der Waals surface area contributed by atoms with E-state index in [-0.39, 0.29) is 0 Å². The zero-order valence-corrected chi connectivity index (χ0v) is 9.24. The molecule has 0 bridgehead atoms. The van der Waals surface area contributed by atoms with E-state index in [0.717, 1.165) is 20.2 Å². The lowest BCUT2D eigenvalue weighted by Gasteiger charge is -2.01. The van der Waals surface area contributed by atoms with Crippen LogP contribution in [0, 0.1) is 10.5 Å². The molecular weight excluding hydrogens is 277 g/mol. The number of rotatable bonds is 0. The maximum Gasteiger partial charge on any atom is 0.126 e. The Morgan fingerprint density at radius 2 is 2.08 bits per heavy atom. The summed E-state index contributed by atoms with van der Waals surface area (Å²) in [6.45, 7) is 1.94. The lowest BCUT2D eigenvalue weighted by molar-refractivity contribution is 0.481. The van der Waals surface area contributed by atoms with Crippen LogP contribution >= 0.6 is 22.6 Å². The molecule has 2 aromatic rings. The summed E-state index contributed by atoms with van der Waals surface area (Å²) in [7, 11) is 0. The van der Waals surface area contributed by atoms with E-state index in [1.165, 1.54) is 0 Å². The summed E-state index contributed by atoms with van der Waals surface area (Å²) in [6, 6.07) is 7.49. The van der Waals surface area contributed by atoms with Gasteiger partial charge in [-0.15, -0.1) is 0 Å². The van der Waals surface area contributed by atoms with Crippen LogP contribution in [-0.2, 0) is 0 Å². The Bertz CT molecular complexity index is 462. The van der Waals surface area contributed by atoms with E-state index < -0.39 is 0 Å². The van der Waals surface area contributed by atoms with Crippen molar-refractivity contribution in [3.63, 3.8) is 0 Å².